The number of nitrogens with one attached hydrogen (secondary N) is 2. The molecule has 0 spiro atoms. The molecule has 1 aliphatic rings. The van der Waals surface area contributed by atoms with Gasteiger partial charge in [-0.15, -0.1) is 0 Å². The van der Waals surface area contributed by atoms with E-state index in [-0.39, 0.29) is 10.9 Å². The van der Waals surface area contributed by atoms with Crippen molar-refractivity contribution < 1.29 is 12.8 Å². The van der Waals surface area contributed by atoms with Crippen molar-refractivity contribution in [1.29, 1.82) is 0 Å². The number of rotatable bonds is 3. The minimum absolute atomic E-state index is 0.0913. The van der Waals surface area contributed by atoms with Gasteiger partial charge in [-0.2, -0.15) is 0 Å². The largest absolute Gasteiger partial charge is 0.358 e. The van der Waals surface area contributed by atoms with Gasteiger partial charge in [-0.3, -0.25) is 0 Å². The maximum atomic E-state index is 13.0. The predicted molar refractivity (Wildman–Crippen MR) is 90.8 cm³/mol. The average molecular weight is 344 g/mol. The van der Waals surface area contributed by atoms with Crippen molar-refractivity contribution in [3.63, 3.8) is 0 Å². The van der Waals surface area contributed by atoms with E-state index in [0.717, 1.165) is 35.9 Å². The molecule has 1 aromatic heterocycles. The Morgan fingerprint density at radius 3 is 2.62 bits per heavy atom. The van der Waals surface area contributed by atoms with Crippen molar-refractivity contribution in [2.24, 2.45) is 0 Å². The van der Waals surface area contributed by atoms with Gasteiger partial charge in [0.05, 0.1) is 4.90 Å². The quantitative estimate of drug-likeness (QED) is 0.767. The Morgan fingerprint density at radius 1 is 1.08 bits per heavy atom. The number of para-hydroxylation sites is 1. The van der Waals surface area contributed by atoms with Gasteiger partial charge in [-0.25, -0.2) is 17.5 Å². The van der Waals surface area contributed by atoms with E-state index >= 15 is 0 Å². The minimum Gasteiger partial charge on any atom is -0.358 e. The van der Waals surface area contributed by atoms with Gasteiger partial charge in [0.25, 0.3) is 0 Å². The lowest BCUT2D eigenvalue weighted by Crippen LogP contribution is -2.38. The first-order chi connectivity index (χ1) is 11.5. The number of aromatic nitrogens is 1. The summed E-state index contributed by atoms with van der Waals surface area (Å²) < 4.78 is 40.7. The minimum atomic E-state index is -3.64. The van der Waals surface area contributed by atoms with Crippen LogP contribution in [0.5, 0.6) is 0 Å². The number of aromatic amines is 1. The fraction of sp³-hybridized carbons (Fsp3) is 0.222. The van der Waals surface area contributed by atoms with Crippen LogP contribution >= 0.6 is 0 Å². The first-order valence-corrected chi connectivity index (χ1v) is 9.37. The molecule has 6 heteroatoms. The van der Waals surface area contributed by atoms with Crippen LogP contribution in [0.15, 0.2) is 53.4 Å². The Kier molecular flexibility index (Phi) is 3.66. The second-order valence-electron chi connectivity index (χ2n) is 6.14. The highest BCUT2D eigenvalue weighted by atomic mass is 32.2. The molecule has 1 heterocycles. The number of H-pyrrole nitrogens is 1. The fourth-order valence-electron chi connectivity index (χ4n) is 3.37. The summed E-state index contributed by atoms with van der Waals surface area (Å²) in [6, 6.07) is 12.8. The molecule has 0 unspecified atom stereocenters. The molecule has 4 rings (SSSR count). The average Bonchev–Trinajstić information content (AvgIpc) is 2.93. The van der Waals surface area contributed by atoms with Gasteiger partial charge in [0.1, 0.15) is 5.82 Å². The van der Waals surface area contributed by atoms with Crippen molar-refractivity contribution in [3.05, 3.63) is 65.6 Å². The monoisotopic (exact) mass is 344 g/mol. The van der Waals surface area contributed by atoms with Gasteiger partial charge in [0.2, 0.25) is 10.0 Å². The lowest BCUT2D eigenvalue weighted by atomic mass is 9.92. The lowest BCUT2D eigenvalue weighted by molar-refractivity contribution is 0.506. The van der Waals surface area contributed by atoms with E-state index in [2.05, 4.69) is 15.8 Å². The zero-order valence-electron chi connectivity index (χ0n) is 12.9. The van der Waals surface area contributed by atoms with E-state index in [1.54, 1.807) is 0 Å². The molecule has 0 radical (unpaired) electrons. The molecule has 24 heavy (non-hydrogen) atoms. The molecule has 0 fully saturated rings. The molecule has 2 aromatic carbocycles. The fourth-order valence-corrected chi connectivity index (χ4v) is 4.64. The highest BCUT2D eigenvalue weighted by Crippen LogP contribution is 2.29. The van der Waals surface area contributed by atoms with Gasteiger partial charge in [-0.1, -0.05) is 18.2 Å². The van der Waals surface area contributed by atoms with E-state index in [4.69, 9.17) is 0 Å². The van der Waals surface area contributed by atoms with E-state index < -0.39 is 15.8 Å². The summed E-state index contributed by atoms with van der Waals surface area (Å²) in [5.41, 5.74) is 3.46. The molecule has 0 amide bonds. The zero-order valence-corrected chi connectivity index (χ0v) is 13.7. The van der Waals surface area contributed by atoms with E-state index in [1.807, 2.05) is 18.2 Å². The van der Waals surface area contributed by atoms with Crippen molar-refractivity contribution in [2.45, 2.75) is 30.2 Å². The molecule has 0 aliphatic heterocycles. The number of benzene rings is 2. The Hall–Kier alpha value is -2.18. The van der Waals surface area contributed by atoms with Gasteiger partial charge >= 0.3 is 0 Å². The molecule has 4 nitrogen and oxygen atoms in total. The Morgan fingerprint density at radius 2 is 1.83 bits per heavy atom. The first kappa shape index (κ1) is 15.4. The Labute approximate surface area is 139 Å². The van der Waals surface area contributed by atoms with Gasteiger partial charge in [-0.05, 0) is 55.2 Å². The van der Waals surface area contributed by atoms with Crippen LogP contribution in [0.4, 0.5) is 4.39 Å². The Balaban J connectivity index is 1.59. The highest BCUT2D eigenvalue weighted by molar-refractivity contribution is 7.89. The van der Waals surface area contributed by atoms with Crippen molar-refractivity contribution in [1.82, 2.24) is 9.71 Å². The van der Waals surface area contributed by atoms with Crippen LogP contribution in [-0.4, -0.2) is 19.4 Å². The van der Waals surface area contributed by atoms with Crippen LogP contribution in [0.1, 0.15) is 17.7 Å². The summed E-state index contributed by atoms with van der Waals surface area (Å²) in [5.74, 6) is -0.449. The topological polar surface area (TPSA) is 62.0 Å². The third-order valence-electron chi connectivity index (χ3n) is 4.54. The van der Waals surface area contributed by atoms with Gasteiger partial charge in [0.15, 0.2) is 0 Å². The van der Waals surface area contributed by atoms with E-state index in [0.29, 0.717) is 6.42 Å². The molecule has 1 aliphatic carbocycles. The molecule has 1 atom stereocenters. The Bertz CT molecular complexity index is 994. The summed E-state index contributed by atoms with van der Waals surface area (Å²) in [6.07, 6.45) is 2.20. The zero-order chi connectivity index (χ0) is 16.7. The molecular weight excluding hydrogens is 327 g/mol. The molecule has 124 valence electrons. The van der Waals surface area contributed by atoms with E-state index in [1.165, 1.54) is 23.4 Å². The number of fused-ring (bicyclic) bond motifs is 3. The first-order valence-electron chi connectivity index (χ1n) is 7.89. The summed E-state index contributed by atoms with van der Waals surface area (Å²) in [6.45, 7) is 0. The second-order valence-corrected chi connectivity index (χ2v) is 7.86. The smallest absolute Gasteiger partial charge is 0.240 e. The second kappa shape index (κ2) is 5.72. The highest BCUT2D eigenvalue weighted by Gasteiger charge is 2.26. The predicted octanol–water partition coefficient (Wildman–Crippen LogP) is 3.14. The van der Waals surface area contributed by atoms with Crippen LogP contribution in [-0.2, 0) is 22.9 Å². The van der Waals surface area contributed by atoms with Crippen LogP contribution < -0.4 is 4.72 Å². The molecule has 0 bridgehead atoms. The van der Waals surface area contributed by atoms with E-state index in [9.17, 15) is 12.8 Å². The van der Waals surface area contributed by atoms with Crippen LogP contribution in [0.3, 0.4) is 0 Å². The summed E-state index contributed by atoms with van der Waals surface area (Å²) in [7, 11) is -3.64. The van der Waals surface area contributed by atoms with Crippen molar-refractivity contribution in [3.8, 4) is 0 Å². The van der Waals surface area contributed by atoms with Crippen molar-refractivity contribution in [2.75, 3.05) is 0 Å². The number of halogens is 1. The number of hydrogen-bond acceptors (Lipinski definition) is 2. The SMILES string of the molecule is O=S(=O)(N[C@@H]1CCc2[nH]c3ccccc3c2C1)c1ccc(F)cc1. The molecule has 3 aromatic rings. The third kappa shape index (κ3) is 2.72. The maximum Gasteiger partial charge on any atom is 0.240 e. The number of sulfonamides is 1. The lowest BCUT2D eigenvalue weighted by Gasteiger charge is -2.23. The van der Waals surface area contributed by atoms with Crippen molar-refractivity contribution >= 4 is 20.9 Å². The molecule has 2 N–H and O–H groups in total. The standard InChI is InChI=1S/C18H17FN2O2S/c19-12-5-8-14(9-6-12)24(22,23)21-13-7-10-18-16(11-13)15-3-1-2-4-17(15)20-18/h1-6,8-9,13,20-21H,7,10-11H2/t13-/m1/s1. The third-order valence-corrected chi connectivity index (χ3v) is 6.08. The summed E-state index contributed by atoms with van der Waals surface area (Å²) >= 11 is 0. The van der Waals surface area contributed by atoms with Crippen LogP contribution in [0, 0.1) is 5.82 Å². The molecule has 0 saturated carbocycles. The number of aryl methyl sites for hydroxylation is 1. The van der Waals surface area contributed by atoms with Crippen LogP contribution in [0.2, 0.25) is 0 Å². The summed E-state index contributed by atoms with van der Waals surface area (Å²) in [5, 5.41) is 1.15. The van der Waals surface area contributed by atoms with Crippen LogP contribution in [0.25, 0.3) is 10.9 Å². The maximum absolute atomic E-state index is 13.0. The van der Waals surface area contributed by atoms with Gasteiger partial charge < -0.3 is 4.98 Å². The summed E-state index contributed by atoms with van der Waals surface area (Å²) in [4.78, 5) is 3.51. The van der Waals surface area contributed by atoms with Gasteiger partial charge in [0, 0.05) is 22.6 Å². The molecule has 0 saturated heterocycles. The number of hydrogen-bond donors (Lipinski definition) is 2. The normalized spacial score (nSPS) is 17.8. The molecular formula is C18H17FN2O2S.